The van der Waals surface area contributed by atoms with Gasteiger partial charge in [-0.1, -0.05) is 0 Å². The molecule has 0 aliphatic rings. The van der Waals surface area contributed by atoms with Crippen molar-refractivity contribution in [3.8, 4) is 5.75 Å². The fourth-order valence-corrected chi connectivity index (χ4v) is 1.76. The van der Waals surface area contributed by atoms with Gasteiger partial charge in [0.05, 0.1) is 25.2 Å². The van der Waals surface area contributed by atoms with Crippen LogP contribution in [0.15, 0.2) is 29.5 Å². The molecule has 0 aliphatic carbocycles. The van der Waals surface area contributed by atoms with Crippen molar-refractivity contribution in [2.24, 2.45) is 10.8 Å². The molecule has 1 aromatic carbocycles. The highest BCUT2D eigenvalue weighted by molar-refractivity contribution is 5.80. The van der Waals surface area contributed by atoms with Crippen LogP contribution in [0.2, 0.25) is 0 Å². The SMILES string of the molecule is COc1ccc(C=Nn2cc(C)nc2N)cc1CN. The molecule has 1 aromatic heterocycles. The summed E-state index contributed by atoms with van der Waals surface area (Å²) in [4.78, 5) is 4.07. The molecule has 0 bridgehead atoms. The van der Waals surface area contributed by atoms with E-state index in [-0.39, 0.29) is 0 Å². The van der Waals surface area contributed by atoms with Crippen LogP contribution in [0.4, 0.5) is 5.95 Å². The first-order chi connectivity index (χ1) is 9.13. The summed E-state index contributed by atoms with van der Waals surface area (Å²) in [6.07, 6.45) is 3.47. The third-order valence-corrected chi connectivity index (χ3v) is 2.69. The van der Waals surface area contributed by atoms with E-state index in [1.165, 1.54) is 4.68 Å². The second-order valence-corrected chi connectivity index (χ2v) is 4.11. The van der Waals surface area contributed by atoms with Crippen LogP contribution >= 0.6 is 0 Å². The van der Waals surface area contributed by atoms with Gasteiger partial charge in [-0.05, 0) is 30.7 Å². The molecular formula is C13H17N5O. The van der Waals surface area contributed by atoms with Crippen LogP contribution in [0.3, 0.4) is 0 Å². The molecule has 6 nitrogen and oxygen atoms in total. The number of methoxy groups -OCH3 is 1. The lowest BCUT2D eigenvalue weighted by molar-refractivity contribution is 0.410. The van der Waals surface area contributed by atoms with Gasteiger partial charge in [0, 0.05) is 12.1 Å². The maximum absolute atomic E-state index is 5.71. The molecule has 0 fully saturated rings. The number of imidazole rings is 1. The molecule has 2 rings (SSSR count). The molecule has 0 saturated heterocycles. The van der Waals surface area contributed by atoms with E-state index in [1.807, 2.05) is 25.1 Å². The third kappa shape index (κ3) is 2.92. The van der Waals surface area contributed by atoms with E-state index in [0.717, 1.165) is 22.6 Å². The number of hydrogen-bond acceptors (Lipinski definition) is 5. The second-order valence-electron chi connectivity index (χ2n) is 4.11. The fourth-order valence-electron chi connectivity index (χ4n) is 1.76. The molecule has 0 radical (unpaired) electrons. The molecule has 100 valence electrons. The Morgan fingerprint density at radius 1 is 1.47 bits per heavy atom. The summed E-state index contributed by atoms with van der Waals surface area (Å²) in [6, 6.07) is 5.70. The van der Waals surface area contributed by atoms with Crippen LogP contribution < -0.4 is 16.2 Å². The number of nitrogen functional groups attached to an aromatic ring is 1. The summed E-state index contributed by atoms with van der Waals surface area (Å²) in [5.41, 5.74) is 14.1. The van der Waals surface area contributed by atoms with Crippen LogP contribution in [0, 0.1) is 6.92 Å². The first-order valence-electron chi connectivity index (χ1n) is 5.87. The van der Waals surface area contributed by atoms with Crippen LogP contribution in [0.1, 0.15) is 16.8 Å². The lowest BCUT2D eigenvalue weighted by atomic mass is 10.1. The lowest BCUT2D eigenvalue weighted by Gasteiger charge is -2.06. The number of anilines is 1. The predicted octanol–water partition coefficient (Wildman–Crippen LogP) is 1.12. The summed E-state index contributed by atoms with van der Waals surface area (Å²) >= 11 is 0. The van der Waals surface area contributed by atoms with Gasteiger partial charge in [-0.15, -0.1) is 0 Å². The zero-order valence-electron chi connectivity index (χ0n) is 11.0. The van der Waals surface area contributed by atoms with Crippen molar-refractivity contribution in [2.75, 3.05) is 12.8 Å². The smallest absolute Gasteiger partial charge is 0.221 e. The average molecular weight is 259 g/mol. The van der Waals surface area contributed by atoms with Crippen LogP contribution in [-0.2, 0) is 6.54 Å². The van der Waals surface area contributed by atoms with Gasteiger partial charge >= 0.3 is 0 Å². The molecule has 0 spiro atoms. The van der Waals surface area contributed by atoms with Crippen molar-refractivity contribution < 1.29 is 4.74 Å². The number of hydrogen-bond donors (Lipinski definition) is 2. The minimum Gasteiger partial charge on any atom is -0.496 e. The minimum absolute atomic E-state index is 0.362. The van der Waals surface area contributed by atoms with Crippen molar-refractivity contribution in [1.82, 2.24) is 9.66 Å². The maximum Gasteiger partial charge on any atom is 0.221 e. The Bertz CT molecular complexity index is 603. The summed E-state index contributed by atoms with van der Waals surface area (Å²) in [5, 5.41) is 4.25. The zero-order chi connectivity index (χ0) is 13.8. The van der Waals surface area contributed by atoms with E-state index in [4.69, 9.17) is 16.2 Å². The summed E-state index contributed by atoms with van der Waals surface area (Å²) in [6.45, 7) is 2.28. The van der Waals surface area contributed by atoms with Gasteiger partial charge < -0.3 is 16.2 Å². The Kier molecular flexibility index (Phi) is 3.82. The van der Waals surface area contributed by atoms with Crippen LogP contribution in [-0.4, -0.2) is 23.0 Å². The van der Waals surface area contributed by atoms with E-state index in [2.05, 4.69) is 10.1 Å². The molecule has 0 saturated carbocycles. The van der Waals surface area contributed by atoms with Crippen molar-refractivity contribution in [1.29, 1.82) is 0 Å². The number of ether oxygens (including phenoxy) is 1. The number of rotatable bonds is 4. The van der Waals surface area contributed by atoms with E-state index in [9.17, 15) is 0 Å². The highest BCUT2D eigenvalue weighted by Crippen LogP contribution is 2.18. The Morgan fingerprint density at radius 2 is 2.26 bits per heavy atom. The summed E-state index contributed by atoms with van der Waals surface area (Å²) in [5.74, 6) is 1.14. The van der Waals surface area contributed by atoms with Gasteiger partial charge in [0.2, 0.25) is 5.95 Å². The van der Waals surface area contributed by atoms with Crippen molar-refractivity contribution in [3.63, 3.8) is 0 Å². The topological polar surface area (TPSA) is 91.4 Å². The molecule has 4 N–H and O–H groups in total. The van der Waals surface area contributed by atoms with Crippen molar-refractivity contribution in [2.45, 2.75) is 13.5 Å². The molecule has 2 aromatic rings. The molecule has 0 atom stereocenters. The van der Waals surface area contributed by atoms with Gasteiger partial charge in [-0.2, -0.15) is 5.10 Å². The Labute approximate surface area is 111 Å². The standard InChI is InChI=1S/C13H17N5O/c1-9-8-18(13(15)17-9)16-7-10-3-4-12(19-2)11(5-10)6-14/h3-5,7-8H,6,14H2,1-2H3,(H2,15,17). The summed E-state index contributed by atoms with van der Waals surface area (Å²) in [7, 11) is 1.62. The van der Waals surface area contributed by atoms with E-state index in [0.29, 0.717) is 12.5 Å². The van der Waals surface area contributed by atoms with E-state index < -0.39 is 0 Å². The first-order valence-corrected chi connectivity index (χ1v) is 5.87. The highest BCUT2D eigenvalue weighted by Gasteiger charge is 2.02. The minimum atomic E-state index is 0.362. The number of benzene rings is 1. The van der Waals surface area contributed by atoms with Gasteiger partial charge in [-0.25, -0.2) is 9.66 Å². The van der Waals surface area contributed by atoms with Gasteiger partial charge in [0.1, 0.15) is 5.75 Å². The van der Waals surface area contributed by atoms with Gasteiger partial charge in [-0.3, -0.25) is 0 Å². The van der Waals surface area contributed by atoms with Crippen molar-refractivity contribution >= 4 is 12.2 Å². The number of nitrogens with two attached hydrogens (primary N) is 2. The molecule has 0 aliphatic heterocycles. The predicted molar refractivity (Wildman–Crippen MR) is 75.3 cm³/mol. The van der Waals surface area contributed by atoms with E-state index in [1.54, 1.807) is 19.5 Å². The van der Waals surface area contributed by atoms with E-state index >= 15 is 0 Å². The van der Waals surface area contributed by atoms with Crippen molar-refractivity contribution in [3.05, 3.63) is 41.2 Å². The maximum atomic E-state index is 5.71. The van der Waals surface area contributed by atoms with Gasteiger partial charge in [0.25, 0.3) is 0 Å². The monoisotopic (exact) mass is 259 g/mol. The largest absolute Gasteiger partial charge is 0.496 e. The first kappa shape index (κ1) is 13.1. The number of nitrogens with zero attached hydrogens (tertiary/aromatic N) is 3. The van der Waals surface area contributed by atoms with Crippen LogP contribution in [0.25, 0.3) is 0 Å². The average Bonchev–Trinajstić information content (AvgIpc) is 2.74. The normalized spacial score (nSPS) is 11.1. The Hall–Kier alpha value is -2.34. The third-order valence-electron chi connectivity index (χ3n) is 2.69. The molecule has 19 heavy (non-hydrogen) atoms. The molecule has 0 amide bonds. The lowest BCUT2D eigenvalue weighted by Crippen LogP contribution is -2.01. The number of aryl methyl sites for hydroxylation is 1. The molecule has 6 heteroatoms. The molecular weight excluding hydrogens is 242 g/mol. The molecule has 1 heterocycles. The van der Waals surface area contributed by atoms with Crippen LogP contribution in [0.5, 0.6) is 5.75 Å². The Balaban J connectivity index is 2.26. The Morgan fingerprint density at radius 3 is 2.84 bits per heavy atom. The fraction of sp³-hybridized carbons (Fsp3) is 0.231. The highest BCUT2D eigenvalue weighted by atomic mass is 16.5. The summed E-state index contributed by atoms with van der Waals surface area (Å²) < 4.78 is 6.75. The second kappa shape index (κ2) is 5.53. The number of aromatic nitrogens is 2. The molecule has 0 unspecified atom stereocenters. The quantitative estimate of drug-likeness (QED) is 0.805. The zero-order valence-corrected chi connectivity index (χ0v) is 11.0. The van der Waals surface area contributed by atoms with Gasteiger partial charge in [0.15, 0.2) is 0 Å².